The number of carbonyl (C=O) groups is 2. The Balaban J connectivity index is 1.90. The number of hydrogen-bond donors (Lipinski definition) is 2. The number of amides is 2. The quantitative estimate of drug-likeness (QED) is 0.832. The lowest BCUT2D eigenvalue weighted by molar-refractivity contribution is -0.119. The summed E-state index contributed by atoms with van der Waals surface area (Å²) in [4.78, 5) is 27.9. The highest BCUT2D eigenvalue weighted by Gasteiger charge is 2.14. The third-order valence-electron chi connectivity index (χ3n) is 2.83. The Bertz CT molecular complexity index is 693. The van der Waals surface area contributed by atoms with Gasteiger partial charge < -0.3 is 10.6 Å². The molecule has 0 saturated heterocycles. The first-order valence-corrected chi connectivity index (χ1v) is 8.93. The number of carbonyl (C=O) groups excluding carboxylic acids is 2. The van der Waals surface area contributed by atoms with E-state index in [2.05, 4.69) is 25.8 Å². The fourth-order valence-corrected chi connectivity index (χ4v) is 3.02. The van der Waals surface area contributed by atoms with Crippen molar-refractivity contribution in [3.63, 3.8) is 0 Å². The number of aromatic nitrogens is 3. The lowest BCUT2D eigenvalue weighted by Crippen LogP contribution is -2.18. The van der Waals surface area contributed by atoms with Crippen molar-refractivity contribution in [3.05, 3.63) is 16.1 Å². The van der Waals surface area contributed by atoms with Crippen molar-refractivity contribution >= 4 is 44.8 Å². The topological polar surface area (TPSA) is 96.9 Å². The number of nitrogens with zero attached hydrogens (tertiary/aromatic N) is 3. The number of anilines is 2. The third kappa shape index (κ3) is 5.07. The van der Waals surface area contributed by atoms with Crippen LogP contribution in [-0.4, -0.2) is 27.0 Å². The first kappa shape index (κ1) is 17.5. The zero-order valence-corrected chi connectivity index (χ0v) is 15.0. The number of nitrogens with one attached hydrogen (secondary N) is 2. The summed E-state index contributed by atoms with van der Waals surface area (Å²) in [6, 6.07) is 0. The molecule has 2 rings (SSSR count). The van der Waals surface area contributed by atoms with Gasteiger partial charge in [-0.05, 0) is 0 Å². The Hall–Kier alpha value is -1.87. The van der Waals surface area contributed by atoms with Crippen LogP contribution in [0.2, 0.25) is 0 Å². The average molecular weight is 353 g/mol. The van der Waals surface area contributed by atoms with Crippen molar-refractivity contribution in [2.75, 3.05) is 10.6 Å². The van der Waals surface area contributed by atoms with Crippen molar-refractivity contribution in [1.82, 2.24) is 15.2 Å². The van der Waals surface area contributed by atoms with E-state index in [1.165, 1.54) is 22.7 Å². The molecule has 124 valence electrons. The van der Waals surface area contributed by atoms with Crippen LogP contribution in [0.15, 0.2) is 5.38 Å². The Kier molecular flexibility index (Phi) is 5.78. The number of rotatable bonds is 6. The smallest absolute Gasteiger partial charge is 0.232 e. The minimum atomic E-state index is -0.205. The molecule has 0 atom stereocenters. The summed E-state index contributed by atoms with van der Waals surface area (Å²) in [7, 11) is 0. The molecule has 0 radical (unpaired) electrons. The highest BCUT2D eigenvalue weighted by molar-refractivity contribution is 7.15. The van der Waals surface area contributed by atoms with Crippen LogP contribution < -0.4 is 10.6 Å². The lowest BCUT2D eigenvalue weighted by atomic mass is 10.2. The minimum Gasteiger partial charge on any atom is -0.302 e. The lowest BCUT2D eigenvalue weighted by Gasteiger charge is -2.03. The van der Waals surface area contributed by atoms with Crippen molar-refractivity contribution < 1.29 is 9.59 Å². The van der Waals surface area contributed by atoms with Gasteiger partial charge in [0.05, 0.1) is 12.1 Å². The molecule has 2 amide bonds. The average Bonchev–Trinajstić information content (AvgIpc) is 3.08. The van der Waals surface area contributed by atoms with E-state index in [9.17, 15) is 9.59 Å². The van der Waals surface area contributed by atoms with Crippen LogP contribution in [-0.2, 0) is 16.0 Å². The maximum atomic E-state index is 12.0. The normalized spacial score (nSPS) is 11.0. The molecule has 0 unspecified atom stereocenters. The van der Waals surface area contributed by atoms with Gasteiger partial charge in [-0.15, -0.1) is 21.5 Å². The van der Waals surface area contributed by atoms with Gasteiger partial charge in [-0.2, -0.15) is 0 Å². The van der Waals surface area contributed by atoms with Crippen LogP contribution in [0, 0.1) is 5.92 Å². The zero-order valence-electron chi connectivity index (χ0n) is 13.4. The zero-order chi connectivity index (χ0) is 17.0. The molecular formula is C14H19N5O2S2. The fraction of sp³-hybridized carbons (Fsp3) is 0.500. The van der Waals surface area contributed by atoms with Crippen LogP contribution >= 0.6 is 22.7 Å². The maximum absolute atomic E-state index is 12.0. The van der Waals surface area contributed by atoms with Crippen LogP contribution in [0.1, 0.15) is 44.3 Å². The van der Waals surface area contributed by atoms with E-state index in [0.717, 1.165) is 5.01 Å². The molecule has 0 aromatic carbocycles. The maximum Gasteiger partial charge on any atom is 0.232 e. The van der Waals surface area contributed by atoms with Gasteiger partial charge in [0.2, 0.25) is 16.9 Å². The first-order chi connectivity index (χ1) is 10.8. The van der Waals surface area contributed by atoms with Crippen molar-refractivity contribution in [2.24, 2.45) is 5.92 Å². The van der Waals surface area contributed by atoms with Gasteiger partial charge >= 0.3 is 0 Å². The van der Waals surface area contributed by atoms with E-state index in [1.54, 1.807) is 5.38 Å². The fourth-order valence-electron chi connectivity index (χ4n) is 1.54. The summed E-state index contributed by atoms with van der Waals surface area (Å²) in [5, 5.41) is 17.0. The summed E-state index contributed by atoms with van der Waals surface area (Å²) in [6.07, 6.45) is 0.130. The Morgan fingerprint density at radius 1 is 1.13 bits per heavy atom. The highest BCUT2D eigenvalue weighted by atomic mass is 32.1. The van der Waals surface area contributed by atoms with E-state index in [1.807, 2.05) is 27.7 Å². The highest BCUT2D eigenvalue weighted by Crippen LogP contribution is 2.23. The van der Waals surface area contributed by atoms with Crippen molar-refractivity contribution in [1.29, 1.82) is 0 Å². The molecule has 23 heavy (non-hydrogen) atoms. The second-order valence-corrected chi connectivity index (χ2v) is 7.48. The van der Waals surface area contributed by atoms with E-state index in [-0.39, 0.29) is 30.1 Å². The third-order valence-corrected chi connectivity index (χ3v) is 4.77. The van der Waals surface area contributed by atoms with Gasteiger partial charge in [0, 0.05) is 17.2 Å². The summed E-state index contributed by atoms with van der Waals surface area (Å²) in [5.41, 5.74) is 0.611. The molecule has 2 N–H and O–H groups in total. The SMILES string of the molecule is CC(C)C(=O)Nc1nc(CC(=O)Nc2nnc(C(C)C)s2)cs1. The van der Waals surface area contributed by atoms with Gasteiger partial charge in [-0.1, -0.05) is 39.0 Å². The standard InChI is InChI=1S/C14H19N5O2S2/c1-7(2)11(21)17-13-15-9(6-22-13)5-10(20)16-14-19-18-12(23-14)8(3)4/h6-8H,5H2,1-4H3,(H,15,17,21)(H,16,19,20). The summed E-state index contributed by atoms with van der Waals surface area (Å²) in [6.45, 7) is 7.66. The molecule has 0 aliphatic heterocycles. The Morgan fingerprint density at radius 2 is 1.87 bits per heavy atom. The molecule has 0 fully saturated rings. The second kappa shape index (κ2) is 7.60. The predicted molar refractivity (Wildman–Crippen MR) is 91.9 cm³/mol. The van der Waals surface area contributed by atoms with Crippen LogP contribution in [0.4, 0.5) is 10.3 Å². The van der Waals surface area contributed by atoms with Gasteiger partial charge in [0.15, 0.2) is 5.13 Å². The van der Waals surface area contributed by atoms with E-state index in [0.29, 0.717) is 16.0 Å². The van der Waals surface area contributed by atoms with Crippen LogP contribution in [0.25, 0.3) is 0 Å². The van der Waals surface area contributed by atoms with Crippen LogP contribution in [0.3, 0.4) is 0 Å². The van der Waals surface area contributed by atoms with Gasteiger partial charge in [0.25, 0.3) is 0 Å². The molecule has 2 aromatic rings. The Labute approximate surface area is 142 Å². The minimum absolute atomic E-state index is 0.0922. The van der Waals surface area contributed by atoms with E-state index >= 15 is 0 Å². The van der Waals surface area contributed by atoms with Crippen molar-refractivity contribution in [2.45, 2.75) is 40.0 Å². The molecule has 0 spiro atoms. The summed E-state index contributed by atoms with van der Waals surface area (Å²) < 4.78 is 0. The monoisotopic (exact) mass is 353 g/mol. The molecule has 0 bridgehead atoms. The molecule has 0 aliphatic rings. The van der Waals surface area contributed by atoms with Gasteiger partial charge in [-0.25, -0.2) is 4.98 Å². The number of thiazole rings is 1. The summed E-state index contributed by atoms with van der Waals surface area (Å²) >= 11 is 2.67. The van der Waals surface area contributed by atoms with Crippen molar-refractivity contribution in [3.8, 4) is 0 Å². The molecular weight excluding hydrogens is 334 g/mol. The van der Waals surface area contributed by atoms with E-state index < -0.39 is 0 Å². The number of hydrogen-bond acceptors (Lipinski definition) is 7. The molecule has 0 saturated carbocycles. The summed E-state index contributed by atoms with van der Waals surface area (Å²) in [5.74, 6) is -0.129. The predicted octanol–water partition coefficient (Wildman–Crippen LogP) is 2.89. The molecule has 2 heterocycles. The largest absolute Gasteiger partial charge is 0.302 e. The molecule has 0 aliphatic carbocycles. The van der Waals surface area contributed by atoms with E-state index in [4.69, 9.17) is 0 Å². The molecule has 2 aromatic heterocycles. The first-order valence-electron chi connectivity index (χ1n) is 7.23. The Morgan fingerprint density at radius 3 is 2.48 bits per heavy atom. The molecule has 9 heteroatoms. The molecule has 7 nitrogen and oxygen atoms in total. The van der Waals surface area contributed by atoms with Crippen LogP contribution in [0.5, 0.6) is 0 Å². The van der Waals surface area contributed by atoms with Gasteiger partial charge in [0.1, 0.15) is 5.01 Å². The van der Waals surface area contributed by atoms with Gasteiger partial charge in [-0.3, -0.25) is 9.59 Å². The second-order valence-electron chi connectivity index (χ2n) is 5.61.